The number of hydrogen-bond acceptors (Lipinski definition) is 4. The molecule has 1 aromatic heterocycles. The molecule has 0 aromatic carbocycles. The van der Waals surface area contributed by atoms with Gasteiger partial charge in [-0.2, -0.15) is 5.10 Å². The number of nitrogens with zero attached hydrogens (tertiary/aromatic N) is 3. The standard InChI is InChI=1S/C14H22N4/c1-10-8-18(9-11(10)2)14-6-5-13(16-17-14)7-15-12-3-4-12/h5-6,10-12,15H,3-4,7-9H2,1-2H3. The van der Waals surface area contributed by atoms with Crippen LogP contribution in [0.4, 0.5) is 5.82 Å². The van der Waals surface area contributed by atoms with Crippen molar-refractivity contribution < 1.29 is 0 Å². The van der Waals surface area contributed by atoms with E-state index in [0.29, 0.717) is 0 Å². The molecular weight excluding hydrogens is 224 g/mol. The van der Waals surface area contributed by atoms with Crippen molar-refractivity contribution >= 4 is 5.82 Å². The molecule has 98 valence electrons. The van der Waals surface area contributed by atoms with Crippen LogP contribution in [0.5, 0.6) is 0 Å². The molecule has 2 aliphatic rings. The Bertz CT molecular complexity index is 389. The van der Waals surface area contributed by atoms with Crippen LogP contribution in [0.15, 0.2) is 12.1 Å². The summed E-state index contributed by atoms with van der Waals surface area (Å²) < 4.78 is 0. The molecule has 4 nitrogen and oxygen atoms in total. The monoisotopic (exact) mass is 246 g/mol. The zero-order chi connectivity index (χ0) is 12.5. The molecule has 0 radical (unpaired) electrons. The Balaban J connectivity index is 1.59. The van der Waals surface area contributed by atoms with E-state index in [2.05, 4.69) is 46.4 Å². The first kappa shape index (κ1) is 11.9. The van der Waals surface area contributed by atoms with E-state index in [0.717, 1.165) is 49.0 Å². The molecule has 1 aromatic rings. The summed E-state index contributed by atoms with van der Waals surface area (Å²) in [5, 5.41) is 12.1. The summed E-state index contributed by atoms with van der Waals surface area (Å²) in [4.78, 5) is 2.35. The first-order valence-electron chi connectivity index (χ1n) is 7.03. The lowest BCUT2D eigenvalue weighted by Gasteiger charge is -2.16. The van der Waals surface area contributed by atoms with Crippen LogP contribution in [-0.4, -0.2) is 29.3 Å². The second-order valence-corrected chi connectivity index (χ2v) is 5.90. The summed E-state index contributed by atoms with van der Waals surface area (Å²) in [6.07, 6.45) is 2.63. The summed E-state index contributed by atoms with van der Waals surface area (Å²) >= 11 is 0. The molecule has 2 unspecified atom stereocenters. The minimum absolute atomic E-state index is 0.728. The molecule has 0 amide bonds. The van der Waals surface area contributed by atoms with E-state index < -0.39 is 0 Å². The second kappa shape index (κ2) is 4.84. The molecule has 1 saturated carbocycles. The number of rotatable bonds is 4. The highest BCUT2D eigenvalue weighted by Crippen LogP contribution is 2.26. The van der Waals surface area contributed by atoms with E-state index in [1.165, 1.54) is 12.8 Å². The van der Waals surface area contributed by atoms with Gasteiger partial charge in [0.1, 0.15) is 0 Å². The Kier molecular flexibility index (Phi) is 3.20. The van der Waals surface area contributed by atoms with E-state index in [1.807, 2.05) is 0 Å². The number of nitrogens with one attached hydrogen (secondary N) is 1. The largest absolute Gasteiger partial charge is 0.355 e. The van der Waals surface area contributed by atoms with E-state index in [1.54, 1.807) is 0 Å². The lowest BCUT2D eigenvalue weighted by molar-refractivity contribution is 0.494. The maximum atomic E-state index is 4.36. The molecular formula is C14H22N4. The molecule has 0 bridgehead atoms. The van der Waals surface area contributed by atoms with Crippen LogP contribution in [0.1, 0.15) is 32.4 Å². The van der Waals surface area contributed by atoms with Gasteiger partial charge in [0.2, 0.25) is 0 Å². The van der Waals surface area contributed by atoms with Crippen molar-refractivity contribution in [3.05, 3.63) is 17.8 Å². The average molecular weight is 246 g/mol. The first-order valence-corrected chi connectivity index (χ1v) is 7.03. The van der Waals surface area contributed by atoms with Gasteiger partial charge in [0.25, 0.3) is 0 Å². The Morgan fingerprint density at radius 1 is 1.17 bits per heavy atom. The van der Waals surface area contributed by atoms with Crippen LogP contribution < -0.4 is 10.2 Å². The Morgan fingerprint density at radius 3 is 2.44 bits per heavy atom. The highest BCUT2D eigenvalue weighted by Gasteiger charge is 2.27. The Morgan fingerprint density at radius 2 is 1.89 bits per heavy atom. The SMILES string of the molecule is CC1CN(c2ccc(CNC3CC3)nn2)CC1C. The van der Waals surface area contributed by atoms with E-state index >= 15 is 0 Å². The van der Waals surface area contributed by atoms with Gasteiger partial charge in [0.05, 0.1) is 5.69 Å². The highest BCUT2D eigenvalue weighted by atomic mass is 15.3. The fourth-order valence-electron chi connectivity index (χ4n) is 2.47. The molecule has 2 atom stereocenters. The number of hydrogen-bond donors (Lipinski definition) is 1. The van der Waals surface area contributed by atoms with Crippen molar-refractivity contribution in [3.63, 3.8) is 0 Å². The first-order chi connectivity index (χ1) is 8.72. The highest BCUT2D eigenvalue weighted by molar-refractivity contribution is 5.39. The van der Waals surface area contributed by atoms with Crippen molar-refractivity contribution in [1.29, 1.82) is 0 Å². The predicted molar refractivity (Wildman–Crippen MR) is 72.4 cm³/mol. The topological polar surface area (TPSA) is 41.0 Å². The van der Waals surface area contributed by atoms with Gasteiger partial charge >= 0.3 is 0 Å². The third kappa shape index (κ3) is 2.64. The van der Waals surface area contributed by atoms with Gasteiger partial charge < -0.3 is 10.2 Å². The van der Waals surface area contributed by atoms with Gasteiger partial charge in [-0.15, -0.1) is 5.10 Å². The Hall–Kier alpha value is -1.16. The second-order valence-electron chi connectivity index (χ2n) is 5.90. The third-order valence-corrected chi connectivity index (χ3v) is 4.17. The lowest BCUT2D eigenvalue weighted by atomic mass is 10.0. The van der Waals surface area contributed by atoms with Gasteiger partial charge in [0, 0.05) is 25.7 Å². The average Bonchev–Trinajstić information content (AvgIpc) is 3.14. The van der Waals surface area contributed by atoms with E-state index in [9.17, 15) is 0 Å². The molecule has 2 heterocycles. The van der Waals surface area contributed by atoms with Crippen LogP contribution in [0.3, 0.4) is 0 Å². The lowest BCUT2D eigenvalue weighted by Crippen LogP contribution is -2.22. The molecule has 1 aliphatic carbocycles. The van der Waals surface area contributed by atoms with Crippen LogP contribution in [-0.2, 0) is 6.54 Å². The molecule has 1 N–H and O–H groups in total. The van der Waals surface area contributed by atoms with Crippen LogP contribution >= 0.6 is 0 Å². The smallest absolute Gasteiger partial charge is 0.151 e. The van der Waals surface area contributed by atoms with Crippen LogP contribution in [0, 0.1) is 11.8 Å². The van der Waals surface area contributed by atoms with Gasteiger partial charge in [-0.05, 0) is 36.8 Å². The molecule has 1 saturated heterocycles. The zero-order valence-electron chi connectivity index (χ0n) is 11.3. The fourth-order valence-corrected chi connectivity index (χ4v) is 2.47. The van der Waals surface area contributed by atoms with Gasteiger partial charge in [-0.3, -0.25) is 0 Å². The Labute approximate surface area is 109 Å². The van der Waals surface area contributed by atoms with Gasteiger partial charge in [-0.25, -0.2) is 0 Å². The summed E-state index contributed by atoms with van der Waals surface area (Å²) in [5.74, 6) is 2.53. The van der Waals surface area contributed by atoms with Crippen molar-refractivity contribution in [1.82, 2.24) is 15.5 Å². The molecule has 2 fully saturated rings. The minimum Gasteiger partial charge on any atom is -0.355 e. The molecule has 18 heavy (non-hydrogen) atoms. The van der Waals surface area contributed by atoms with Crippen molar-refractivity contribution in [2.24, 2.45) is 11.8 Å². The van der Waals surface area contributed by atoms with Crippen molar-refractivity contribution in [3.8, 4) is 0 Å². The maximum absolute atomic E-state index is 4.36. The molecule has 0 spiro atoms. The molecule has 4 heteroatoms. The predicted octanol–water partition coefficient (Wildman–Crippen LogP) is 1.82. The summed E-state index contributed by atoms with van der Waals surface area (Å²) in [6.45, 7) is 7.69. The van der Waals surface area contributed by atoms with Crippen molar-refractivity contribution in [2.75, 3.05) is 18.0 Å². The third-order valence-electron chi connectivity index (χ3n) is 4.17. The quantitative estimate of drug-likeness (QED) is 0.880. The molecule has 1 aliphatic heterocycles. The van der Waals surface area contributed by atoms with Gasteiger partial charge in [0.15, 0.2) is 5.82 Å². The normalized spacial score (nSPS) is 27.8. The fraction of sp³-hybridized carbons (Fsp3) is 0.714. The summed E-state index contributed by atoms with van der Waals surface area (Å²) in [7, 11) is 0. The van der Waals surface area contributed by atoms with Crippen LogP contribution in [0.2, 0.25) is 0 Å². The number of aromatic nitrogens is 2. The summed E-state index contributed by atoms with van der Waals surface area (Å²) in [5.41, 5.74) is 1.05. The van der Waals surface area contributed by atoms with Crippen LogP contribution in [0.25, 0.3) is 0 Å². The summed E-state index contributed by atoms with van der Waals surface area (Å²) in [6, 6.07) is 4.94. The van der Waals surface area contributed by atoms with E-state index in [4.69, 9.17) is 0 Å². The minimum atomic E-state index is 0.728. The maximum Gasteiger partial charge on any atom is 0.151 e. The van der Waals surface area contributed by atoms with Gasteiger partial charge in [-0.1, -0.05) is 13.8 Å². The zero-order valence-corrected chi connectivity index (χ0v) is 11.3. The number of anilines is 1. The molecule has 3 rings (SSSR count). The van der Waals surface area contributed by atoms with Crippen molar-refractivity contribution in [2.45, 2.75) is 39.3 Å². The van der Waals surface area contributed by atoms with E-state index in [-0.39, 0.29) is 0 Å².